The Kier molecular flexibility index (Phi) is 5.33. The van der Waals surface area contributed by atoms with Gasteiger partial charge in [0.15, 0.2) is 0 Å². The molecule has 0 saturated heterocycles. The van der Waals surface area contributed by atoms with Crippen LogP contribution >= 0.6 is 0 Å². The van der Waals surface area contributed by atoms with E-state index in [2.05, 4.69) is 52.7 Å². The minimum Gasteiger partial charge on any atom is -0.237 e. The van der Waals surface area contributed by atoms with E-state index in [1.165, 1.54) is 39.7 Å². The Balaban J connectivity index is 1.61. The lowest BCUT2D eigenvalue weighted by Crippen LogP contribution is -2.16. The van der Waals surface area contributed by atoms with Crippen LogP contribution in [0.4, 0.5) is 4.39 Å². The summed E-state index contributed by atoms with van der Waals surface area (Å²) in [4.78, 5) is 0. The molecule has 1 aromatic heterocycles. The third kappa shape index (κ3) is 3.76. The molecule has 0 spiro atoms. The molecule has 0 amide bonds. The number of nitrogens with zero attached hydrogens (tertiary/aromatic N) is 4. The van der Waals surface area contributed by atoms with Gasteiger partial charge >= 0.3 is 0 Å². The fraction of sp³-hybridized carbons (Fsp3) is 0.269. The molecule has 4 aromatic rings. The summed E-state index contributed by atoms with van der Waals surface area (Å²) in [7, 11) is 1.69. The molecule has 0 N–H and O–H groups in total. The molecule has 0 aliphatic heterocycles. The van der Waals surface area contributed by atoms with Crippen LogP contribution in [0.3, 0.4) is 0 Å². The van der Waals surface area contributed by atoms with Crippen molar-refractivity contribution in [3.63, 3.8) is 0 Å². The van der Waals surface area contributed by atoms with Gasteiger partial charge in [0.2, 0.25) is 0 Å². The average Bonchev–Trinajstić information content (AvgIpc) is 3.18. The Bertz CT molecular complexity index is 1230. The maximum Gasteiger partial charge on any atom is 0.123 e. The highest BCUT2D eigenvalue weighted by Gasteiger charge is 2.29. The summed E-state index contributed by atoms with van der Waals surface area (Å²) in [6.45, 7) is 0.480. The lowest BCUT2D eigenvalue weighted by Gasteiger charge is -2.25. The van der Waals surface area contributed by atoms with E-state index < -0.39 is 0 Å². The number of hydrogen-bond donors (Lipinski definition) is 0. The summed E-state index contributed by atoms with van der Waals surface area (Å²) in [5.74, 6) is 0.108. The molecule has 0 fully saturated rings. The lowest BCUT2D eigenvalue weighted by molar-refractivity contribution is 0.525. The van der Waals surface area contributed by atoms with Gasteiger partial charge in [-0.25, -0.2) is 9.07 Å². The monoisotopic (exact) mass is 412 g/mol. The molecule has 1 heterocycles. The Hall–Kier alpha value is -3.34. The van der Waals surface area contributed by atoms with Crippen LogP contribution < -0.4 is 0 Å². The molecule has 5 rings (SSSR count). The number of fused-ring (bicyclic) bond motifs is 2. The molecule has 1 aliphatic carbocycles. The van der Waals surface area contributed by atoms with Gasteiger partial charge in [0.05, 0.1) is 17.1 Å². The second kappa shape index (κ2) is 8.42. The number of hydrogen-bond acceptors (Lipinski definition) is 3. The fourth-order valence-corrected chi connectivity index (χ4v) is 4.84. The van der Waals surface area contributed by atoms with Crippen LogP contribution in [0.15, 0.2) is 77.0 Å². The summed E-state index contributed by atoms with van der Waals surface area (Å²) in [6, 6.07) is 21.7. The second-order valence-corrected chi connectivity index (χ2v) is 8.13. The van der Waals surface area contributed by atoms with E-state index in [4.69, 9.17) is 5.10 Å². The largest absolute Gasteiger partial charge is 0.237 e. The van der Waals surface area contributed by atoms with Crippen LogP contribution in [-0.4, -0.2) is 16.8 Å². The molecular weight excluding hydrogens is 387 g/mol. The van der Waals surface area contributed by atoms with Crippen molar-refractivity contribution in [2.75, 3.05) is 7.05 Å². The van der Waals surface area contributed by atoms with E-state index in [1.807, 2.05) is 4.68 Å². The Morgan fingerprint density at radius 1 is 1.03 bits per heavy atom. The number of azo groups is 1. The quantitative estimate of drug-likeness (QED) is 0.349. The molecule has 1 atom stereocenters. The highest BCUT2D eigenvalue weighted by Crippen LogP contribution is 2.38. The number of rotatable bonds is 5. The SMILES string of the molecule is CN=NCc1nn(-c2ccc(F)cc2)c2c1CCCC2Cc1cccc2ccccc12. The fourth-order valence-electron chi connectivity index (χ4n) is 4.84. The van der Waals surface area contributed by atoms with Crippen molar-refractivity contribution in [3.8, 4) is 5.69 Å². The van der Waals surface area contributed by atoms with Gasteiger partial charge in [0.1, 0.15) is 12.4 Å². The first-order valence-corrected chi connectivity index (χ1v) is 10.8. The molecule has 3 aromatic carbocycles. The number of benzene rings is 3. The van der Waals surface area contributed by atoms with Crippen LogP contribution in [-0.2, 0) is 19.4 Å². The van der Waals surface area contributed by atoms with Gasteiger partial charge in [-0.15, -0.1) is 0 Å². The van der Waals surface area contributed by atoms with Crippen molar-refractivity contribution in [1.82, 2.24) is 9.78 Å². The first kappa shape index (κ1) is 19.6. The minimum absolute atomic E-state index is 0.239. The zero-order valence-corrected chi connectivity index (χ0v) is 17.6. The molecule has 1 aliphatic rings. The summed E-state index contributed by atoms with van der Waals surface area (Å²) < 4.78 is 15.6. The van der Waals surface area contributed by atoms with Crippen LogP contribution in [0.25, 0.3) is 16.5 Å². The number of aromatic nitrogens is 2. The summed E-state index contributed by atoms with van der Waals surface area (Å²) in [5, 5.41) is 15.6. The van der Waals surface area contributed by atoms with Gasteiger partial charge in [0, 0.05) is 13.0 Å². The van der Waals surface area contributed by atoms with Crippen LogP contribution in [0.1, 0.15) is 41.3 Å². The maximum absolute atomic E-state index is 13.6. The van der Waals surface area contributed by atoms with Gasteiger partial charge in [0.25, 0.3) is 0 Å². The average molecular weight is 413 g/mol. The number of halogens is 1. The van der Waals surface area contributed by atoms with Crippen LogP contribution in [0, 0.1) is 5.82 Å². The summed E-state index contributed by atoms with van der Waals surface area (Å²) in [6.07, 6.45) is 4.19. The Labute approximate surface area is 181 Å². The first-order valence-electron chi connectivity index (χ1n) is 10.8. The molecule has 1 unspecified atom stereocenters. The van der Waals surface area contributed by atoms with Gasteiger partial charge in [-0.3, -0.25) is 0 Å². The third-order valence-electron chi connectivity index (χ3n) is 6.25. The van der Waals surface area contributed by atoms with E-state index in [1.54, 1.807) is 19.2 Å². The molecule has 5 heteroatoms. The van der Waals surface area contributed by atoms with Crippen molar-refractivity contribution in [2.24, 2.45) is 10.2 Å². The van der Waals surface area contributed by atoms with E-state index in [9.17, 15) is 4.39 Å². The van der Waals surface area contributed by atoms with Gasteiger partial charge in [-0.2, -0.15) is 15.3 Å². The Morgan fingerprint density at radius 2 is 1.84 bits per heavy atom. The zero-order valence-electron chi connectivity index (χ0n) is 17.6. The van der Waals surface area contributed by atoms with E-state index in [0.29, 0.717) is 12.5 Å². The van der Waals surface area contributed by atoms with E-state index in [0.717, 1.165) is 37.1 Å². The molecule has 0 saturated carbocycles. The van der Waals surface area contributed by atoms with Crippen LogP contribution in [0.2, 0.25) is 0 Å². The lowest BCUT2D eigenvalue weighted by atomic mass is 9.82. The summed E-state index contributed by atoms with van der Waals surface area (Å²) >= 11 is 0. The predicted octanol–water partition coefficient (Wildman–Crippen LogP) is 6.41. The summed E-state index contributed by atoms with van der Waals surface area (Å²) in [5.41, 5.74) is 5.76. The molecule has 156 valence electrons. The zero-order chi connectivity index (χ0) is 21.2. The molecule has 0 radical (unpaired) electrons. The standard InChI is InChI=1S/C26H25FN4/c1-28-29-17-25-24-11-5-9-20(16-19-8-4-7-18-6-2-3-10-23(18)19)26(24)31(30-25)22-14-12-21(27)13-15-22/h2-4,6-8,10,12-15,20H,5,9,11,16-17H2,1H3. The second-order valence-electron chi connectivity index (χ2n) is 8.13. The van der Waals surface area contributed by atoms with Crippen molar-refractivity contribution >= 4 is 10.8 Å². The molecular formula is C26H25FN4. The van der Waals surface area contributed by atoms with Gasteiger partial charge in [-0.1, -0.05) is 42.5 Å². The van der Waals surface area contributed by atoms with Crippen molar-refractivity contribution in [3.05, 3.63) is 95.1 Å². The minimum atomic E-state index is -0.239. The van der Waals surface area contributed by atoms with Crippen molar-refractivity contribution < 1.29 is 4.39 Å². The van der Waals surface area contributed by atoms with Crippen LogP contribution in [0.5, 0.6) is 0 Å². The maximum atomic E-state index is 13.6. The predicted molar refractivity (Wildman–Crippen MR) is 121 cm³/mol. The van der Waals surface area contributed by atoms with Crippen molar-refractivity contribution in [1.29, 1.82) is 0 Å². The first-order chi connectivity index (χ1) is 15.2. The van der Waals surface area contributed by atoms with E-state index in [-0.39, 0.29) is 5.82 Å². The Morgan fingerprint density at radius 3 is 2.68 bits per heavy atom. The highest BCUT2D eigenvalue weighted by molar-refractivity contribution is 5.85. The molecule has 4 nitrogen and oxygen atoms in total. The third-order valence-corrected chi connectivity index (χ3v) is 6.25. The normalized spacial score (nSPS) is 16.1. The van der Waals surface area contributed by atoms with Crippen molar-refractivity contribution in [2.45, 2.75) is 38.1 Å². The van der Waals surface area contributed by atoms with Gasteiger partial charge in [-0.05, 0) is 71.8 Å². The highest BCUT2D eigenvalue weighted by atomic mass is 19.1. The molecule has 31 heavy (non-hydrogen) atoms. The smallest absolute Gasteiger partial charge is 0.123 e. The topological polar surface area (TPSA) is 42.5 Å². The van der Waals surface area contributed by atoms with Gasteiger partial charge < -0.3 is 0 Å². The molecule has 0 bridgehead atoms. The van der Waals surface area contributed by atoms with E-state index >= 15 is 0 Å².